The fourth-order valence-electron chi connectivity index (χ4n) is 1.78. The summed E-state index contributed by atoms with van der Waals surface area (Å²) in [5.41, 5.74) is -0.0593. The third-order valence-electron chi connectivity index (χ3n) is 2.50. The SMILES string of the molecule is CCCC(C)(C)Nc1nc(NC)nc(OC(C)C)n1. The smallest absolute Gasteiger partial charge is 0.323 e. The summed E-state index contributed by atoms with van der Waals surface area (Å²) in [7, 11) is 1.77. The number of ether oxygens (including phenoxy) is 1. The Balaban J connectivity index is 2.93. The molecule has 0 unspecified atom stereocenters. The first-order valence-corrected chi connectivity index (χ1v) is 6.75. The zero-order valence-electron chi connectivity index (χ0n) is 12.7. The van der Waals surface area contributed by atoms with Crippen molar-refractivity contribution in [3.63, 3.8) is 0 Å². The molecular formula is C13H25N5O. The van der Waals surface area contributed by atoms with Crippen LogP contribution in [0.3, 0.4) is 0 Å². The Kier molecular flexibility index (Phi) is 5.32. The molecule has 1 aromatic rings. The highest BCUT2D eigenvalue weighted by Gasteiger charge is 2.19. The summed E-state index contributed by atoms with van der Waals surface area (Å²) < 4.78 is 5.53. The molecule has 6 nitrogen and oxygen atoms in total. The van der Waals surface area contributed by atoms with Crippen molar-refractivity contribution in [1.82, 2.24) is 15.0 Å². The van der Waals surface area contributed by atoms with Crippen LogP contribution in [0.2, 0.25) is 0 Å². The van der Waals surface area contributed by atoms with Gasteiger partial charge in [0.15, 0.2) is 0 Å². The lowest BCUT2D eigenvalue weighted by Crippen LogP contribution is -2.31. The minimum absolute atomic E-state index is 0.0311. The number of nitrogens with one attached hydrogen (secondary N) is 2. The highest BCUT2D eigenvalue weighted by atomic mass is 16.5. The van der Waals surface area contributed by atoms with Gasteiger partial charge in [-0.2, -0.15) is 15.0 Å². The van der Waals surface area contributed by atoms with Crippen LogP contribution in [0.25, 0.3) is 0 Å². The number of hydrogen-bond donors (Lipinski definition) is 2. The van der Waals surface area contributed by atoms with Gasteiger partial charge >= 0.3 is 6.01 Å². The minimum atomic E-state index is -0.0593. The zero-order chi connectivity index (χ0) is 14.5. The van der Waals surface area contributed by atoms with Crippen LogP contribution in [-0.4, -0.2) is 33.6 Å². The standard InChI is InChI=1S/C13H25N5O/c1-7-8-13(4,5)18-11-15-10(14-6)16-12(17-11)19-9(2)3/h9H,7-8H2,1-6H3,(H2,14,15,16,17,18). The van der Waals surface area contributed by atoms with Crippen molar-refractivity contribution >= 4 is 11.9 Å². The van der Waals surface area contributed by atoms with Crippen molar-refractivity contribution in [2.24, 2.45) is 0 Å². The summed E-state index contributed by atoms with van der Waals surface area (Å²) in [5.74, 6) is 1.04. The predicted octanol–water partition coefficient (Wildman–Crippen LogP) is 2.69. The summed E-state index contributed by atoms with van der Waals surface area (Å²) >= 11 is 0. The van der Waals surface area contributed by atoms with Gasteiger partial charge in [-0.1, -0.05) is 13.3 Å². The molecule has 0 atom stereocenters. The van der Waals surface area contributed by atoms with E-state index in [1.54, 1.807) is 7.05 Å². The van der Waals surface area contributed by atoms with Crippen LogP contribution in [0.4, 0.5) is 11.9 Å². The number of hydrogen-bond acceptors (Lipinski definition) is 6. The Morgan fingerprint density at radius 1 is 1.16 bits per heavy atom. The summed E-state index contributed by atoms with van der Waals surface area (Å²) in [6.07, 6.45) is 2.16. The maximum atomic E-state index is 5.53. The molecule has 0 spiro atoms. The van der Waals surface area contributed by atoms with E-state index in [0.29, 0.717) is 17.9 Å². The van der Waals surface area contributed by atoms with Gasteiger partial charge in [-0.15, -0.1) is 0 Å². The van der Waals surface area contributed by atoms with Crippen molar-refractivity contribution in [2.75, 3.05) is 17.7 Å². The maximum Gasteiger partial charge on any atom is 0.323 e. The molecule has 1 aromatic heterocycles. The first-order valence-electron chi connectivity index (χ1n) is 6.75. The van der Waals surface area contributed by atoms with Crippen molar-refractivity contribution < 1.29 is 4.74 Å². The normalized spacial score (nSPS) is 11.5. The summed E-state index contributed by atoms with van der Waals surface area (Å²) in [4.78, 5) is 12.8. The van der Waals surface area contributed by atoms with Gasteiger partial charge in [-0.3, -0.25) is 0 Å². The Morgan fingerprint density at radius 2 is 1.79 bits per heavy atom. The number of nitrogens with zero attached hydrogens (tertiary/aromatic N) is 3. The Labute approximate surface area is 115 Å². The average Bonchev–Trinajstić information content (AvgIpc) is 2.26. The van der Waals surface area contributed by atoms with Crippen LogP contribution in [0.15, 0.2) is 0 Å². The monoisotopic (exact) mass is 267 g/mol. The van der Waals surface area contributed by atoms with Crippen LogP contribution >= 0.6 is 0 Å². The number of anilines is 2. The van der Waals surface area contributed by atoms with E-state index >= 15 is 0 Å². The second-order valence-electron chi connectivity index (χ2n) is 5.44. The molecule has 0 aromatic carbocycles. The van der Waals surface area contributed by atoms with E-state index in [2.05, 4.69) is 46.4 Å². The third kappa shape index (κ3) is 5.28. The fraction of sp³-hybridized carbons (Fsp3) is 0.769. The van der Waals surface area contributed by atoms with Gasteiger partial charge < -0.3 is 15.4 Å². The molecule has 0 bridgehead atoms. The van der Waals surface area contributed by atoms with E-state index in [9.17, 15) is 0 Å². The molecule has 0 saturated heterocycles. The Hall–Kier alpha value is -1.59. The van der Waals surface area contributed by atoms with E-state index in [1.165, 1.54) is 0 Å². The molecule has 0 aliphatic rings. The molecule has 19 heavy (non-hydrogen) atoms. The highest BCUT2D eigenvalue weighted by Crippen LogP contribution is 2.19. The second kappa shape index (κ2) is 6.54. The molecule has 0 saturated carbocycles. The minimum Gasteiger partial charge on any atom is -0.461 e. The van der Waals surface area contributed by atoms with Gasteiger partial charge in [0.25, 0.3) is 0 Å². The van der Waals surface area contributed by atoms with E-state index < -0.39 is 0 Å². The van der Waals surface area contributed by atoms with E-state index in [1.807, 2.05) is 13.8 Å². The van der Waals surface area contributed by atoms with Gasteiger partial charge in [-0.25, -0.2) is 0 Å². The zero-order valence-corrected chi connectivity index (χ0v) is 12.7. The third-order valence-corrected chi connectivity index (χ3v) is 2.50. The van der Waals surface area contributed by atoms with E-state index in [-0.39, 0.29) is 11.6 Å². The van der Waals surface area contributed by atoms with Crippen LogP contribution in [0, 0.1) is 0 Å². The topological polar surface area (TPSA) is 72.0 Å². The van der Waals surface area contributed by atoms with Gasteiger partial charge in [0.05, 0.1) is 6.10 Å². The lowest BCUT2D eigenvalue weighted by molar-refractivity contribution is 0.222. The molecule has 2 N–H and O–H groups in total. The summed E-state index contributed by atoms with van der Waals surface area (Å²) in [5, 5.41) is 6.24. The van der Waals surface area contributed by atoms with Gasteiger partial charge in [0.1, 0.15) is 0 Å². The van der Waals surface area contributed by atoms with Crippen molar-refractivity contribution in [3.8, 4) is 6.01 Å². The molecule has 108 valence electrons. The van der Waals surface area contributed by atoms with Crippen LogP contribution in [-0.2, 0) is 0 Å². The summed E-state index contributed by atoms with van der Waals surface area (Å²) in [6, 6.07) is 0.337. The molecular weight excluding hydrogens is 242 g/mol. The molecule has 1 rings (SSSR count). The second-order valence-corrected chi connectivity index (χ2v) is 5.44. The van der Waals surface area contributed by atoms with Crippen molar-refractivity contribution in [1.29, 1.82) is 0 Å². The molecule has 0 aliphatic carbocycles. The van der Waals surface area contributed by atoms with E-state index in [4.69, 9.17) is 4.74 Å². The van der Waals surface area contributed by atoms with Crippen LogP contribution < -0.4 is 15.4 Å². The van der Waals surface area contributed by atoms with E-state index in [0.717, 1.165) is 12.8 Å². The first-order chi connectivity index (χ1) is 8.86. The predicted molar refractivity (Wildman–Crippen MR) is 77.7 cm³/mol. The van der Waals surface area contributed by atoms with Crippen molar-refractivity contribution in [3.05, 3.63) is 0 Å². The quantitative estimate of drug-likeness (QED) is 0.791. The molecule has 0 aliphatic heterocycles. The van der Waals surface area contributed by atoms with Crippen LogP contribution in [0.5, 0.6) is 6.01 Å². The largest absolute Gasteiger partial charge is 0.461 e. The van der Waals surface area contributed by atoms with Gasteiger partial charge in [0.2, 0.25) is 11.9 Å². The molecule has 1 heterocycles. The fourth-order valence-corrected chi connectivity index (χ4v) is 1.78. The highest BCUT2D eigenvalue weighted by molar-refractivity contribution is 5.37. The molecule has 6 heteroatoms. The van der Waals surface area contributed by atoms with Crippen LogP contribution in [0.1, 0.15) is 47.5 Å². The number of aromatic nitrogens is 3. The van der Waals surface area contributed by atoms with Gasteiger partial charge in [-0.05, 0) is 34.1 Å². The Bertz CT molecular complexity index is 406. The average molecular weight is 267 g/mol. The first kappa shape index (κ1) is 15.5. The molecule has 0 fully saturated rings. The Morgan fingerprint density at radius 3 is 2.32 bits per heavy atom. The lowest BCUT2D eigenvalue weighted by atomic mass is 9.99. The number of rotatable bonds is 7. The summed E-state index contributed by atoms with van der Waals surface area (Å²) in [6.45, 7) is 10.3. The van der Waals surface area contributed by atoms with Gasteiger partial charge in [0, 0.05) is 12.6 Å². The molecule has 0 radical (unpaired) electrons. The van der Waals surface area contributed by atoms with Crippen molar-refractivity contribution in [2.45, 2.75) is 59.1 Å². The lowest BCUT2D eigenvalue weighted by Gasteiger charge is -2.25. The maximum absolute atomic E-state index is 5.53. The molecule has 0 amide bonds.